The minimum atomic E-state index is -0.745. The molecule has 0 amide bonds. The highest BCUT2D eigenvalue weighted by Gasteiger charge is 2.72. The molecule has 2 heterocycles. The molecule has 0 unspecified atom stereocenters. The fraction of sp³-hybridized carbons (Fsp3) is 0.619. The highest BCUT2D eigenvalue weighted by atomic mass is 16.6. The summed E-state index contributed by atoms with van der Waals surface area (Å²) in [7, 11) is 0. The first-order valence-corrected chi connectivity index (χ1v) is 9.41. The standard InChI is InChI=1S/C21H26O5/c1-6-11(2)18(22)25-16-13-8-7-9-14-19(23)26-21(5,20(13,14)4)15-12(3)10-24-17(15)16/h6,10,13-14,16H,7-9H2,1-5H3/t13-,14-,16-,20+,21+/m1/s1. The molecular formula is C21H26O5. The SMILES string of the molecule is CC=C(C)C(=O)O[C@H]1c2occ(C)c2[C@]2(C)OC(=O)[C@H]3CCC[C@H]1[C@@]32C. The van der Waals surface area contributed by atoms with Gasteiger partial charge in [0.15, 0.2) is 11.9 Å². The molecule has 2 aliphatic carbocycles. The van der Waals surface area contributed by atoms with E-state index in [2.05, 4.69) is 6.92 Å². The Hall–Kier alpha value is -2.04. The highest BCUT2D eigenvalue weighted by Crippen LogP contribution is 2.69. The highest BCUT2D eigenvalue weighted by molar-refractivity contribution is 5.88. The molecule has 26 heavy (non-hydrogen) atoms. The lowest BCUT2D eigenvalue weighted by Crippen LogP contribution is -2.54. The zero-order valence-corrected chi connectivity index (χ0v) is 16.0. The van der Waals surface area contributed by atoms with Crippen LogP contribution in [0.5, 0.6) is 0 Å². The van der Waals surface area contributed by atoms with E-state index in [-0.39, 0.29) is 23.8 Å². The third-order valence-corrected chi connectivity index (χ3v) is 7.21. The first-order chi connectivity index (χ1) is 12.3. The Labute approximate surface area is 153 Å². The largest absolute Gasteiger partial charge is 0.465 e. The maximum absolute atomic E-state index is 12.7. The molecule has 2 fully saturated rings. The summed E-state index contributed by atoms with van der Waals surface area (Å²) in [5.41, 5.74) is 1.22. The molecule has 5 heteroatoms. The van der Waals surface area contributed by atoms with Crippen molar-refractivity contribution in [2.45, 2.75) is 65.6 Å². The number of aryl methyl sites for hydroxylation is 1. The molecule has 1 aromatic rings. The van der Waals surface area contributed by atoms with Crippen molar-refractivity contribution in [1.82, 2.24) is 0 Å². The molecule has 140 valence electrons. The van der Waals surface area contributed by atoms with Crippen molar-refractivity contribution in [3.63, 3.8) is 0 Å². The predicted molar refractivity (Wildman–Crippen MR) is 94.1 cm³/mol. The monoisotopic (exact) mass is 358 g/mol. The maximum Gasteiger partial charge on any atom is 0.334 e. The summed E-state index contributed by atoms with van der Waals surface area (Å²) in [6.07, 6.45) is 5.56. The van der Waals surface area contributed by atoms with Crippen LogP contribution in [0, 0.1) is 24.2 Å². The molecule has 0 N–H and O–H groups in total. The van der Waals surface area contributed by atoms with Gasteiger partial charge in [-0.05, 0) is 46.1 Å². The van der Waals surface area contributed by atoms with Crippen molar-refractivity contribution < 1.29 is 23.5 Å². The number of hydrogen-bond acceptors (Lipinski definition) is 5. The van der Waals surface area contributed by atoms with Crippen LogP contribution in [0.4, 0.5) is 0 Å². The molecule has 0 aromatic carbocycles. The summed E-state index contributed by atoms with van der Waals surface area (Å²) in [6.45, 7) is 9.65. The minimum absolute atomic E-state index is 0.00986. The lowest BCUT2D eigenvalue weighted by Gasteiger charge is -2.53. The number of rotatable bonds is 2. The molecule has 3 aliphatic rings. The number of allylic oxidation sites excluding steroid dienone is 1. The Kier molecular flexibility index (Phi) is 3.66. The summed E-state index contributed by atoms with van der Waals surface area (Å²) < 4.78 is 17.8. The smallest absolute Gasteiger partial charge is 0.334 e. The Morgan fingerprint density at radius 3 is 2.77 bits per heavy atom. The molecule has 5 atom stereocenters. The summed E-state index contributed by atoms with van der Waals surface area (Å²) in [5.74, 6) is -0.0120. The lowest BCUT2D eigenvalue weighted by molar-refractivity contribution is -0.176. The van der Waals surface area contributed by atoms with Crippen molar-refractivity contribution in [2.24, 2.45) is 17.3 Å². The maximum atomic E-state index is 12.7. The van der Waals surface area contributed by atoms with Crippen LogP contribution in [-0.2, 0) is 24.7 Å². The number of carbonyl (C=O) groups is 2. The summed E-state index contributed by atoms with van der Waals surface area (Å²) in [5, 5.41) is 0. The average Bonchev–Trinajstić information content (AvgIpc) is 3.08. The molecule has 0 bridgehead atoms. The lowest BCUT2D eigenvalue weighted by atomic mass is 9.49. The zero-order chi connectivity index (χ0) is 18.9. The zero-order valence-electron chi connectivity index (χ0n) is 16.0. The van der Waals surface area contributed by atoms with E-state index in [4.69, 9.17) is 13.9 Å². The van der Waals surface area contributed by atoms with Gasteiger partial charge in [0.1, 0.15) is 5.60 Å². The van der Waals surface area contributed by atoms with Crippen LogP contribution >= 0.6 is 0 Å². The van der Waals surface area contributed by atoms with E-state index in [1.165, 1.54) is 0 Å². The second-order valence-electron chi connectivity index (χ2n) is 8.28. The van der Waals surface area contributed by atoms with E-state index in [0.717, 1.165) is 30.4 Å². The Bertz CT molecular complexity index is 818. The third-order valence-electron chi connectivity index (χ3n) is 7.21. The van der Waals surface area contributed by atoms with Gasteiger partial charge in [-0.15, -0.1) is 0 Å². The van der Waals surface area contributed by atoms with Crippen molar-refractivity contribution in [2.75, 3.05) is 0 Å². The predicted octanol–water partition coefficient (Wildman–Crippen LogP) is 4.35. The number of hydrogen-bond donors (Lipinski definition) is 0. The summed E-state index contributed by atoms with van der Waals surface area (Å²) >= 11 is 0. The molecule has 1 aliphatic heterocycles. The van der Waals surface area contributed by atoms with E-state index >= 15 is 0 Å². The molecule has 4 rings (SSSR count). The Balaban J connectivity index is 1.89. The van der Waals surface area contributed by atoms with Gasteiger partial charge in [0, 0.05) is 22.5 Å². The summed E-state index contributed by atoms with van der Waals surface area (Å²) in [4.78, 5) is 25.2. The molecule has 1 saturated carbocycles. The van der Waals surface area contributed by atoms with Crippen LogP contribution < -0.4 is 0 Å². The fourth-order valence-electron chi connectivity index (χ4n) is 5.55. The van der Waals surface area contributed by atoms with Gasteiger partial charge >= 0.3 is 11.9 Å². The van der Waals surface area contributed by atoms with Gasteiger partial charge in [0.05, 0.1) is 12.2 Å². The number of ether oxygens (including phenoxy) is 2. The van der Waals surface area contributed by atoms with E-state index in [1.54, 1.807) is 19.3 Å². The third kappa shape index (κ3) is 1.92. The molecule has 0 spiro atoms. The van der Waals surface area contributed by atoms with Crippen LogP contribution in [0.25, 0.3) is 0 Å². The van der Waals surface area contributed by atoms with Crippen molar-refractivity contribution in [3.05, 3.63) is 34.8 Å². The molecule has 1 saturated heterocycles. The second kappa shape index (κ2) is 5.48. The van der Waals surface area contributed by atoms with Crippen LogP contribution in [0.3, 0.4) is 0 Å². The number of esters is 2. The topological polar surface area (TPSA) is 65.7 Å². The average molecular weight is 358 g/mol. The molecule has 1 aromatic heterocycles. The van der Waals surface area contributed by atoms with Gasteiger partial charge in [-0.3, -0.25) is 4.79 Å². The fourth-order valence-corrected chi connectivity index (χ4v) is 5.55. The van der Waals surface area contributed by atoms with Crippen LogP contribution in [0.1, 0.15) is 69.9 Å². The molecule has 5 nitrogen and oxygen atoms in total. The van der Waals surface area contributed by atoms with Crippen molar-refractivity contribution in [3.8, 4) is 0 Å². The van der Waals surface area contributed by atoms with Crippen LogP contribution in [0.2, 0.25) is 0 Å². The first-order valence-electron chi connectivity index (χ1n) is 9.41. The van der Waals surface area contributed by atoms with Gasteiger partial charge in [0.2, 0.25) is 0 Å². The number of fused-ring (bicyclic) bond motifs is 2. The normalized spacial score (nSPS) is 38.4. The quantitative estimate of drug-likeness (QED) is 0.581. The first kappa shape index (κ1) is 17.4. The van der Waals surface area contributed by atoms with E-state index in [1.807, 2.05) is 20.8 Å². The summed E-state index contributed by atoms with van der Waals surface area (Å²) in [6, 6.07) is 0. The molecular weight excluding hydrogens is 332 g/mol. The van der Waals surface area contributed by atoms with Gasteiger partial charge in [-0.2, -0.15) is 0 Å². The van der Waals surface area contributed by atoms with E-state index in [9.17, 15) is 9.59 Å². The van der Waals surface area contributed by atoms with Gasteiger partial charge < -0.3 is 13.9 Å². The van der Waals surface area contributed by atoms with Gasteiger partial charge in [-0.25, -0.2) is 4.79 Å². The second-order valence-corrected chi connectivity index (χ2v) is 8.28. The van der Waals surface area contributed by atoms with Gasteiger partial charge in [0.25, 0.3) is 0 Å². The van der Waals surface area contributed by atoms with Gasteiger partial charge in [-0.1, -0.05) is 19.4 Å². The number of carbonyl (C=O) groups excluding carboxylic acids is 2. The molecule has 0 radical (unpaired) electrons. The number of furan rings is 1. The van der Waals surface area contributed by atoms with Crippen LogP contribution in [0.15, 0.2) is 22.3 Å². The van der Waals surface area contributed by atoms with Crippen molar-refractivity contribution in [1.29, 1.82) is 0 Å². The van der Waals surface area contributed by atoms with E-state index in [0.29, 0.717) is 11.3 Å². The van der Waals surface area contributed by atoms with Crippen LogP contribution in [-0.4, -0.2) is 11.9 Å². The minimum Gasteiger partial charge on any atom is -0.465 e. The van der Waals surface area contributed by atoms with Crippen molar-refractivity contribution >= 4 is 11.9 Å². The Morgan fingerprint density at radius 1 is 1.35 bits per heavy atom. The Morgan fingerprint density at radius 2 is 2.08 bits per heavy atom. The van der Waals surface area contributed by atoms with E-state index < -0.39 is 17.1 Å².